The lowest BCUT2D eigenvalue weighted by molar-refractivity contribution is -0.385. The van der Waals surface area contributed by atoms with Crippen molar-refractivity contribution in [3.63, 3.8) is 0 Å². The van der Waals surface area contributed by atoms with Crippen LogP contribution in [-0.2, 0) is 0 Å². The number of aromatic nitrogens is 1. The highest BCUT2D eigenvalue weighted by Gasteiger charge is 2.28. The number of pyridine rings is 1. The molecule has 1 aliphatic rings. The van der Waals surface area contributed by atoms with Crippen LogP contribution in [0.4, 0.5) is 5.69 Å². The van der Waals surface area contributed by atoms with Gasteiger partial charge in [-0.1, -0.05) is 0 Å². The van der Waals surface area contributed by atoms with Crippen molar-refractivity contribution in [1.82, 2.24) is 4.98 Å². The number of hydrogen-bond acceptors (Lipinski definition) is 5. The molecule has 86 valence electrons. The average Bonchev–Trinajstić information content (AvgIpc) is 2.15. The minimum Gasteiger partial charge on any atom is -0.474 e. The highest BCUT2D eigenvalue weighted by Crippen LogP contribution is 2.26. The minimum absolute atomic E-state index is 0.0117. The van der Waals surface area contributed by atoms with Gasteiger partial charge >= 0.3 is 0 Å². The second kappa shape index (κ2) is 4.05. The molecule has 16 heavy (non-hydrogen) atoms. The maximum absolute atomic E-state index is 10.6. The van der Waals surface area contributed by atoms with Crippen molar-refractivity contribution in [3.05, 3.63) is 27.9 Å². The number of nitro groups is 1. The fourth-order valence-electron chi connectivity index (χ4n) is 1.65. The zero-order chi connectivity index (χ0) is 11.7. The van der Waals surface area contributed by atoms with Gasteiger partial charge in [-0.05, 0) is 19.8 Å². The second-order valence-corrected chi connectivity index (χ2v) is 4.04. The lowest BCUT2D eigenvalue weighted by Crippen LogP contribution is -2.43. The van der Waals surface area contributed by atoms with Gasteiger partial charge in [0.15, 0.2) is 0 Å². The van der Waals surface area contributed by atoms with Gasteiger partial charge in [-0.3, -0.25) is 10.1 Å². The first kappa shape index (κ1) is 10.8. The van der Waals surface area contributed by atoms with Crippen molar-refractivity contribution in [2.45, 2.75) is 31.9 Å². The van der Waals surface area contributed by atoms with E-state index in [9.17, 15) is 10.1 Å². The Kier molecular flexibility index (Phi) is 2.74. The summed E-state index contributed by atoms with van der Waals surface area (Å²) in [6.07, 6.45) is 2.96. The van der Waals surface area contributed by atoms with Crippen LogP contribution < -0.4 is 10.5 Å². The predicted octanol–water partition coefficient (Wildman–Crippen LogP) is 1.17. The van der Waals surface area contributed by atoms with Crippen LogP contribution in [0.3, 0.4) is 0 Å². The highest BCUT2D eigenvalue weighted by molar-refractivity contribution is 5.39. The van der Waals surface area contributed by atoms with Crippen LogP contribution in [0.5, 0.6) is 5.88 Å². The molecule has 1 aliphatic carbocycles. The van der Waals surface area contributed by atoms with E-state index in [4.69, 9.17) is 10.5 Å². The van der Waals surface area contributed by atoms with Crippen LogP contribution in [0.25, 0.3) is 0 Å². The van der Waals surface area contributed by atoms with Crippen LogP contribution in [0.2, 0.25) is 0 Å². The molecule has 0 atom stereocenters. The van der Waals surface area contributed by atoms with E-state index in [2.05, 4.69) is 4.98 Å². The van der Waals surface area contributed by atoms with Crippen LogP contribution >= 0.6 is 0 Å². The molecule has 0 saturated heterocycles. The first-order chi connectivity index (χ1) is 7.56. The summed E-state index contributed by atoms with van der Waals surface area (Å²) >= 11 is 0. The van der Waals surface area contributed by atoms with Crippen LogP contribution in [-0.4, -0.2) is 22.1 Å². The average molecular weight is 223 g/mol. The maximum Gasteiger partial charge on any atom is 0.290 e. The van der Waals surface area contributed by atoms with Gasteiger partial charge in [-0.25, -0.2) is 4.98 Å². The van der Waals surface area contributed by atoms with E-state index in [-0.39, 0.29) is 17.8 Å². The molecule has 1 heterocycles. The SMILES string of the molecule is Cc1cc(OC2CC(N)C2)ncc1[N+](=O)[O-]. The molecule has 0 radical (unpaired) electrons. The van der Waals surface area contributed by atoms with Crippen molar-refractivity contribution < 1.29 is 9.66 Å². The first-order valence-electron chi connectivity index (χ1n) is 5.09. The summed E-state index contributed by atoms with van der Waals surface area (Å²) in [6, 6.07) is 1.80. The van der Waals surface area contributed by atoms with Crippen LogP contribution in [0.15, 0.2) is 12.3 Å². The van der Waals surface area contributed by atoms with Gasteiger partial charge in [0, 0.05) is 17.7 Å². The van der Waals surface area contributed by atoms with Crippen molar-refractivity contribution in [3.8, 4) is 5.88 Å². The number of nitrogens with zero attached hydrogens (tertiary/aromatic N) is 2. The Labute approximate surface area is 92.6 Å². The summed E-state index contributed by atoms with van der Waals surface area (Å²) in [5.74, 6) is 0.431. The van der Waals surface area contributed by atoms with Gasteiger partial charge < -0.3 is 10.5 Å². The van der Waals surface area contributed by atoms with Gasteiger partial charge in [-0.15, -0.1) is 0 Å². The molecule has 0 amide bonds. The normalized spacial score (nSPS) is 23.6. The topological polar surface area (TPSA) is 91.3 Å². The smallest absolute Gasteiger partial charge is 0.290 e. The largest absolute Gasteiger partial charge is 0.474 e. The molecule has 2 rings (SSSR count). The molecule has 6 heteroatoms. The Balaban J connectivity index is 2.06. The fourth-order valence-corrected chi connectivity index (χ4v) is 1.65. The summed E-state index contributed by atoms with van der Waals surface area (Å²) in [5.41, 5.74) is 6.19. The van der Waals surface area contributed by atoms with E-state index in [1.54, 1.807) is 13.0 Å². The summed E-state index contributed by atoms with van der Waals surface area (Å²) in [4.78, 5) is 14.0. The predicted molar refractivity (Wildman–Crippen MR) is 57.3 cm³/mol. The summed E-state index contributed by atoms with van der Waals surface area (Å²) < 4.78 is 5.52. The van der Waals surface area contributed by atoms with Gasteiger partial charge in [0.1, 0.15) is 12.3 Å². The van der Waals surface area contributed by atoms with E-state index in [0.29, 0.717) is 11.4 Å². The molecule has 0 spiro atoms. The Morgan fingerprint density at radius 2 is 2.31 bits per heavy atom. The van der Waals surface area contributed by atoms with Gasteiger partial charge in [-0.2, -0.15) is 0 Å². The first-order valence-corrected chi connectivity index (χ1v) is 5.09. The molecule has 6 nitrogen and oxygen atoms in total. The van der Waals surface area contributed by atoms with E-state index in [1.165, 1.54) is 6.20 Å². The zero-order valence-corrected chi connectivity index (χ0v) is 8.92. The third kappa shape index (κ3) is 2.11. The molecule has 1 saturated carbocycles. The van der Waals surface area contributed by atoms with Gasteiger partial charge in [0.2, 0.25) is 5.88 Å². The Bertz CT molecular complexity index is 416. The molecule has 0 unspecified atom stereocenters. The molecule has 0 bridgehead atoms. The quantitative estimate of drug-likeness (QED) is 0.613. The molecule has 1 aromatic heterocycles. The van der Waals surface area contributed by atoms with Gasteiger partial charge in [0.05, 0.1) is 4.92 Å². The Hall–Kier alpha value is -1.69. The van der Waals surface area contributed by atoms with Gasteiger partial charge in [0.25, 0.3) is 5.69 Å². The third-order valence-electron chi connectivity index (χ3n) is 2.67. The van der Waals surface area contributed by atoms with Crippen molar-refractivity contribution >= 4 is 5.69 Å². The fraction of sp³-hybridized carbons (Fsp3) is 0.500. The number of hydrogen-bond donors (Lipinski definition) is 1. The lowest BCUT2D eigenvalue weighted by atomic mass is 9.90. The molecule has 2 N–H and O–H groups in total. The standard InChI is InChI=1S/C10H13N3O3/c1-6-2-10(12-5-9(6)13(14)15)16-8-3-7(11)4-8/h2,5,7-8H,3-4,11H2,1H3. The molecule has 0 aromatic carbocycles. The summed E-state index contributed by atoms with van der Waals surface area (Å²) in [7, 11) is 0. The van der Waals surface area contributed by atoms with E-state index >= 15 is 0 Å². The number of rotatable bonds is 3. The lowest BCUT2D eigenvalue weighted by Gasteiger charge is -2.32. The third-order valence-corrected chi connectivity index (χ3v) is 2.67. The molecular weight excluding hydrogens is 210 g/mol. The molecule has 0 aliphatic heterocycles. The zero-order valence-electron chi connectivity index (χ0n) is 8.92. The Morgan fingerprint density at radius 1 is 1.62 bits per heavy atom. The highest BCUT2D eigenvalue weighted by atomic mass is 16.6. The van der Waals surface area contributed by atoms with E-state index < -0.39 is 4.92 Å². The monoisotopic (exact) mass is 223 g/mol. The number of ether oxygens (including phenoxy) is 1. The second-order valence-electron chi connectivity index (χ2n) is 4.04. The maximum atomic E-state index is 10.6. The Morgan fingerprint density at radius 3 is 2.81 bits per heavy atom. The molecular formula is C10H13N3O3. The molecule has 1 fully saturated rings. The molecule has 1 aromatic rings. The van der Waals surface area contributed by atoms with Crippen molar-refractivity contribution in [1.29, 1.82) is 0 Å². The van der Waals surface area contributed by atoms with Crippen LogP contribution in [0.1, 0.15) is 18.4 Å². The number of aryl methyl sites for hydroxylation is 1. The summed E-state index contributed by atoms with van der Waals surface area (Å²) in [6.45, 7) is 1.67. The van der Waals surface area contributed by atoms with Crippen molar-refractivity contribution in [2.75, 3.05) is 0 Å². The number of nitrogens with two attached hydrogens (primary N) is 1. The minimum atomic E-state index is -0.453. The van der Waals surface area contributed by atoms with E-state index in [1.807, 2.05) is 0 Å². The van der Waals surface area contributed by atoms with Crippen molar-refractivity contribution in [2.24, 2.45) is 5.73 Å². The van der Waals surface area contributed by atoms with Crippen LogP contribution in [0, 0.1) is 17.0 Å². The van der Waals surface area contributed by atoms with E-state index in [0.717, 1.165) is 12.8 Å². The summed E-state index contributed by atoms with van der Waals surface area (Å²) in [5, 5.41) is 10.6.